The Hall–Kier alpha value is -2.07. The van der Waals surface area contributed by atoms with Gasteiger partial charge < -0.3 is 0 Å². The molecular weight excluding hydrogens is 282 g/mol. The molecule has 4 heteroatoms. The summed E-state index contributed by atoms with van der Waals surface area (Å²) in [6.45, 7) is 9.45. The van der Waals surface area contributed by atoms with Crippen LogP contribution in [0.25, 0.3) is 6.08 Å². The molecule has 0 aliphatic heterocycles. The Morgan fingerprint density at radius 2 is 1.52 bits per heavy atom. The Balaban J connectivity index is 2.39. The molecule has 0 atom stereocenters. The van der Waals surface area contributed by atoms with Crippen LogP contribution in [-0.4, -0.2) is 8.42 Å². The number of anilines is 1. The first-order chi connectivity index (χ1) is 9.83. The maximum absolute atomic E-state index is 12.5. The summed E-state index contributed by atoms with van der Waals surface area (Å²) < 4.78 is 27.6. The molecule has 0 saturated heterocycles. The molecule has 0 spiro atoms. The van der Waals surface area contributed by atoms with Crippen molar-refractivity contribution in [1.82, 2.24) is 0 Å². The fourth-order valence-electron chi connectivity index (χ4n) is 2.32. The minimum absolute atomic E-state index is 0.243. The van der Waals surface area contributed by atoms with Gasteiger partial charge in [0.1, 0.15) is 0 Å². The summed E-state index contributed by atoms with van der Waals surface area (Å²) >= 11 is 0. The van der Waals surface area contributed by atoms with Crippen molar-refractivity contribution in [3.05, 3.63) is 65.2 Å². The second kappa shape index (κ2) is 5.74. The van der Waals surface area contributed by atoms with Crippen LogP contribution in [0.1, 0.15) is 22.3 Å². The van der Waals surface area contributed by atoms with Gasteiger partial charge in [0, 0.05) is 0 Å². The standard InChI is InChI=1S/C17H19NO2S/c1-5-15-6-8-16(9-7-15)21(19,20)18-17-13(3)10-12(2)11-14(17)4/h5-11,18H,1H2,2-4H3. The maximum atomic E-state index is 12.5. The van der Waals surface area contributed by atoms with Crippen molar-refractivity contribution in [3.63, 3.8) is 0 Å². The predicted octanol–water partition coefficient (Wildman–Crippen LogP) is 4.06. The van der Waals surface area contributed by atoms with E-state index in [1.54, 1.807) is 30.3 Å². The van der Waals surface area contributed by atoms with Crippen LogP contribution < -0.4 is 4.72 Å². The molecule has 110 valence electrons. The molecule has 0 radical (unpaired) electrons. The highest BCUT2D eigenvalue weighted by atomic mass is 32.2. The molecule has 0 amide bonds. The number of sulfonamides is 1. The lowest BCUT2D eigenvalue weighted by Gasteiger charge is -2.14. The average molecular weight is 301 g/mol. The molecule has 0 fully saturated rings. The molecule has 21 heavy (non-hydrogen) atoms. The zero-order valence-corrected chi connectivity index (χ0v) is 13.3. The number of hydrogen-bond acceptors (Lipinski definition) is 2. The van der Waals surface area contributed by atoms with Gasteiger partial charge in [0.25, 0.3) is 10.0 Å². The summed E-state index contributed by atoms with van der Waals surface area (Å²) in [6.07, 6.45) is 1.68. The summed E-state index contributed by atoms with van der Waals surface area (Å²) in [5, 5.41) is 0. The van der Waals surface area contributed by atoms with Crippen LogP contribution in [0, 0.1) is 20.8 Å². The van der Waals surface area contributed by atoms with Crippen LogP contribution >= 0.6 is 0 Å². The van der Waals surface area contributed by atoms with Crippen LogP contribution in [0.15, 0.2) is 47.9 Å². The summed E-state index contributed by atoms with van der Waals surface area (Å²) in [5.41, 5.74) is 4.48. The highest BCUT2D eigenvalue weighted by Gasteiger charge is 2.16. The third-order valence-corrected chi connectivity index (χ3v) is 4.71. The quantitative estimate of drug-likeness (QED) is 0.925. The summed E-state index contributed by atoms with van der Waals surface area (Å²) in [5.74, 6) is 0. The van der Waals surface area contributed by atoms with E-state index in [1.807, 2.05) is 32.9 Å². The van der Waals surface area contributed by atoms with Gasteiger partial charge in [-0.3, -0.25) is 4.72 Å². The molecule has 0 aliphatic rings. The lowest BCUT2D eigenvalue weighted by Crippen LogP contribution is -2.14. The zero-order valence-electron chi connectivity index (χ0n) is 12.5. The van der Waals surface area contributed by atoms with Gasteiger partial charge in [-0.25, -0.2) is 8.42 Å². The lowest BCUT2D eigenvalue weighted by atomic mass is 10.1. The first kappa shape index (κ1) is 15.3. The van der Waals surface area contributed by atoms with E-state index in [-0.39, 0.29) is 4.90 Å². The van der Waals surface area contributed by atoms with E-state index >= 15 is 0 Å². The van der Waals surface area contributed by atoms with Crippen LogP contribution in [0.4, 0.5) is 5.69 Å². The molecule has 2 aromatic rings. The van der Waals surface area contributed by atoms with E-state index in [0.717, 1.165) is 22.3 Å². The van der Waals surface area contributed by atoms with Crippen LogP contribution in [0.2, 0.25) is 0 Å². The molecule has 1 N–H and O–H groups in total. The Kier molecular flexibility index (Phi) is 4.19. The van der Waals surface area contributed by atoms with Gasteiger partial charge in [0.2, 0.25) is 0 Å². The molecule has 0 aliphatic carbocycles. The summed E-state index contributed by atoms with van der Waals surface area (Å²) in [4.78, 5) is 0.243. The van der Waals surface area contributed by atoms with Crippen molar-refractivity contribution >= 4 is 21.8 Å². The monoisotopic (exact) mass is 301 g/mol. The van der Waals surface area contributed by atoms with E-state index < -0.39 is 10.0 Å². The van der Waals surface area contributed by atoms with Crippen LogP contribution in [0.3, 0.4) is 0 Å². The highest BCUT2D eigenvalue weighted by Crippen LogP contribution is 2.25. The zero-order chi connectivity index (χ0) is 15.6. The first-order valence-electron chi connectivity index (χ1n) is 6.66. The van der Waals surface area contributed by atoms with Gasteiger partial charge in [0.05, 0.1) is 10.6 Å². The number of benzene rings is 2. The predicted molar refractivity (Wildman–Crippen MR) is 88.0 cm³/mol. The number of aryl methyl sites for hydroxylation is 3. The van der Waals surface area contributed by atoms with Gasteiger partial charge >= 0.3 is 0 Å². The van der Waals surface area contributed by atoms with Crippen LogP contribution in [0.5, 0.6) is 0 Å². The third kappa shape index (κ3) is 3.34. The van der Waals surface area contributed by atoms with Crippen molar-refractivity contribution in [2.45, 2.75) is 25.7 Å². The Bertz CT molecular complexity index is 752. The maximum Gasteiger partial charge on any atom is 0.261 e. The van der Waals surface area contributed by atoms with Gasteiger partial charge in [-0.05, 0) is 49.6 Å². The molecule has 0 unspecified atom stereocenters. The molecule has 3 nitrogen and oxygen atoms in total. The summed E-state index contributed by atoms with van der Waals surface area (Å²) in [6, 6.07) is 10.6. The van der Waals surface area contributed by atoms with Crippen molar-refractivity contribution in [2.75, 3.05) is 4.72 Å². The average Bonchev–Trinajstić information content (AvgIpc) is 2.43. The molecular formula is C17H19NO2S. The smallest absolute Gasteiger partial charge is 0.261 e. The minimum Gasteiger partial charge on any atom is -0.279 e. The van der Waals surface area contributed by atoms with Gasteiger partial charge in [-0.1, -0.05) is 42.5 Å². The van der Waals surface area contributed by atoms with E-state index in [4.69, 9.17) is 0 Å². The fraction of sp³-hybridized carbons (Fsp3) is 0.176. The van der Waals surface area contributed by atoms with Crippen molar-refractivity contribution in [3.8, 4) is 0 Å². The largest absolute Gasteiger partial charge is 0.279 e. The van der Waals surface area contributed by atoms with Gasteiger partial charge in [0.15, 0.2) is 0 Å². The fourth-order valence-corrected chi connectivity index (χ4v) is 3.52. The second-order valence-electron chi connectivity index (χ2n) is 5.15. The molecule has 2 aromatic carbocycles. The topological polar surface area (TPSA) is 46.2 Å². The lowest BCUT2D eigenvalue weighted by molar-refractivity contribution is 0.601. The van der Waals surface area contributed by atoms with E-state index in [2.05, 4.69) is 11.3 Å². The molecule has 0 bridgehead atoms. The Morgan fingerprint density at radius 3 is 2.00 bits per heavy atom. The minimum atomic E-state index is -3.58. The van der Waals surface area contributed by atoms with Crippen molar-refractivity contribution in [1.29, 1.82) is 0 Å². The SMILES string of the molecule is C=Cc1ccc(S(=O)(=O)Nc2c(C)cc(C)cc2C)cc1. The third-order valence-electron chi connectivity index (χ3n) is 3.34. The highest BCUT2D eigenvalue weighted by molar-refractivity contribution is 7.92. The summed E-state index contributed by atoms with van der Waals surface area (Å²) in [7, 11) is -3.58. The van der Waals surface area contributed by atoms with Crippen molar-refractivity contribution in [2.24, 2.45) is 0 Å². The molecule has 0 aromatic heterocycles. The molecule has 2 rings (SSSR count). The first-order valence-corrected chi connectivity index (χ1v) is 8.15. The van der Waals surface area contributed by atoms with Crippen molar-refractivity contribution < 1.29 is 8.42 Å². The number of rotatable bonds is 4. The second-order valence-corrected chi connectivity index (χ2v) is 6.83. The van der Waals surface area contributed by atoms with Gasteiger partial charge in [-0.2, -0.15) is 0 Å². The Morgan fingerprint density at radius 1 is 1.00 bits per heavy atom. The van der Waals surface area contributed by atoms with Gasteiger partial charge in [-0.15, -0.1) is 0 Å². The van der Waals surface area contributed by atoms with E-state index in [0.29, 0.717) is 5.69 Å². The normalized spacial score (nSPS) is 11.2. The molecule has 0 saturated carbocycles. The van der Waals surface area contributed by atoms with E-state index in [9.17, 15) is 8.42 Å². The number of nitrogens with one attached hydrogen (secondary N) is 1. The molecule has 0 heterocycles. The van der Waals surface area contributed by atoms with Crippen LogP contribution in [-0.2, 0) is 10.0 Å². The van der Waals surface area contributed by atoms with E-state index in [1.165, 1.54) is 0 Å². The number of hydrogen-bond donors (Lipinski definition) is 1. The Labute approximate surface area is 126 Å².